The van der Waals surface area contributed by atoms with Crippen molar-refractivity contribution in [3.63, 3.8) is 0 Å². The van der Waals surface area contributed by atoms with Crippen molar-refractivity contribution in [2.75, 3.05) is 50.2 Å². The molecule has 1 saturated heterocycles. The van der Waals surface area contributed by atoms with Gasteiger partial charge in [0, 0.05) is 19.7 Å². The Morgan fingerprint density at radius 2 is 1.89 bits per heavy atom. The standard InChI is InChI=1S/C26H33FN4O5/c1-4-34-21-13-17(14-22(24(21)27)35-5-2)15-31(18-9-11-28-12-10-18)26-30-25-19(29-23(32)16-33-3)7-6-8-20(25)36-26/h6-8,13-14,18,28H,4-5,9-12,15-16H2,1-3H3,(H,29,32). The summed E-state index contributed by atoms with van der Waals surface area (Å²) in [6.07, 6.45) is 1.79. The van der Waals surface area contributed by atoms with Gasteiger partial charge in [0.15, 0.2) is 17.1 Å². The van der Waals surface area contributed by atoms with Crippen molar-refractivity contribution >= 4 is 28.7 Å². The number of rotatable bonds is 11. The number of halogens is 1. The van der Waals surface area contributed by atoms with Gasteiger partial charge in [-0.15, -0.1) is 0 Å². The van der Waals surface area contributed by atoms with Crippen LogP contribution in [-0.2, 0) is 16.1 Å². The minimum Gasteiger partial charge on any atom is -0.491 e. The number of nitrogens with zero attached hydrogens (tertiary/aromatic N) is 2. The van der Waals surface area contributed by atoms with Crippen molar-refractivity contribution in [3.8, 4) is 11.5 Å². The van der Waals surface area contributed by atoms with Crippen LogP contribution in [0.1, 0.15) is 32.3 Å². The van der Waals surface area contributed by atoms with E-state index in [0.717, 1.165) is 31.5 Å². The molecule has 1 aliphatic heterocycles. The first-order valence-electron chi connectivity index (χ1n) is 12.3. The lowest BCUT2D eigenvalue weighted by Crippen LogP contribution is -2.43. The number of carbonyl (C=O) groups is 1. The highest BCUT2D eigenvalue weighted by Crippen LogP contribution is 2.34. The summed E-state index contributed by atoms with van der Waals surface area (Å²) in [4.78, 5) is 19.0. The van der Waals surface area contributed by atoms with Gasteiger partial charge in [-0.2, -0.15) is 9.37 Å². The second-order valence-corrected chi connectivity index (χ2v) is 8.51. The lowest BCUT2D eigenvalue weighted by molar-refractivity contribution is -0.119. The number of para-hydroxylation sites is 1. The number of benzene rings is 2. The summed E-state index contributed by atoms with van der Waals surface area (Å²) in [5.74, 6) is -0.467. The third kappa shape index (κ3) is 5.88. The van der Waals surface area contributed by atoms with E-state index in [1.807, 2.05) is 19.9 Å². The van der Waals surface area contributed by atoms with Gasteiger partial charge in [-0.1, -0.05) is 6.07 Å². The predicted molar refractivity (Wildman–Crippen MR) is 135 cm³/mol. The van der Waals surface area contributed by atoms with E-state index < -0.39 is 5.82 Å². The minimum absolute atomic E-state index is 0.0583. The number of hydrogen-bond acceptors (Lipinski definition) is 8. The van der Waals surface area contributed by atoms with Crippen molar-refractivity contribution in [2.45, 2.75) is 39.3 Å². The van der Waals surface area contributed by atoms with Gasteiger partial charge in [-0.3, -0.25) is 4.79 Å². The molecule has 0 spiro atoms. The molecule has 2 aromatic carbocycles. The SMILES string of the molecule is CCOc1cc(CN(c2nc3c(NC(=O)COC)cccc3o2)C2CCNCC2)cc(OCC)c1F. The van der Waals surface area contributed by atoms with Crippen LogP contribution in [0.25, 0.3) is 11.1 Å². The maximum absolute atomic E-state index is 14.8. The molecule has 10 heteroatoms. The largest absolute Gasteiger partial charge is 0.491 e. The molecule has 1 fully saturated rings. The molecule has 0 unspecified atom stereocenters. The van der Waals surface area contributed by atoms with Gasteiger partial charge in [-0.25, -0.2) is 0 Å². The van der Waals surface area contributed by atoms with Crippen LogP contribution in [0.2, 0.25) is 0 Å². The van der Waals surface area contributed by atoms with Gasteiger partial charge in [0.1, 0.15) is 12.1 Å². The monoisotopic (exact) mass is 500 g/mol. The highest BCUT2D eigenvalue weighted by molar-refractivity contribution is 5.99. The van der Waals surface area contributed by atoms with Gasteiger partial charge >= 0.3 is 0 Å². The maximum atomic E-state index is 14.8. The summed E-state index contributed by atoms with van der Waals surface area (Å²) >= 11 is 0. The molecule has 2 N–H and O–H groups in total. The van der Waals surface area contributed by atoms with E-state index in [2.05, 4.69) is 15.5 Å². The molecule has 0 bridgehead atoms. The Labute approximate surface area is 209 Å². The average Bonchev–Trinajstić information content (AvgIpc) is 3.31. The molecule has 3 aromatic rings. The molecule has 1 aromatic heterocycles. The summed E-state index contributed by atoms with van der Waals surface area (Å²) in [7, 11) is 1.47. The fourth-order valence-electron chi connectivity index (χ4n) is 4.38. The molecule has 9 nitrogen and oxygen atoms in total. The van der Waals surface area contributed by atoms with Crippen molar-refractivity contribution in [1.29, 1.82) is 0 Å². The van der Waals surface area contributed by atoms with Crippen LogP contribution in [0.3, 0.4) is 0 Å². The fraction of sp³-hybridized carbons (Fsp3) is 0.462. The molecule has 1 aliphatic rings. The number of aromatic nitrogens is 1. The molecule has 0 saturated carbocycles. The number of piperidine rings is 1. The second kappa shape index (κ2) is 12.0. The molecule has 36 heavy (non-hydrogen) atoms. The normalized spacial score (nSPS) is 14.1. The summed E-state index contributed by atoms with van der Waals surface area (Å²) in [5, 5.41) is 6.21. The van der Waals surface area contributed by atoms with Gasteiger partial charge < -0.3 is 34.2 Å². The number of ether oxygens (including phenoxy) is 3. The van der Waals surface area contributed by atoms with Crippen LogP contribution in [-0.4, -0.2) is 57.0 Å². The average molecular weight is 501 g/mol. The fourth-order valence-corrected chi connectivity index (χ4v) is 4.38. The number of amides is 1. The van der Waals surface area contributed by atoms with Crippen molar-refractivity contribution in [2.24, 2.45) is 0 Å². The zero-order chi connectivity index (χ0) is 25.5. The van der Waals surface area contributed by atoms with Gasteiger partial charge in [0.05, 0.1) is 18.9 Å². The zero-order valence-corrected chi connectivity index (χ0v) is 20.9. The Bertz CT molecular complexity index is 1150. The summed E-state index contributed by atoms with van der Waals surface area (Å²) in [6, 6.07) is 9.39. The van der Waals surface area contributed by atoms with Crippen molar-refractivity contribution in [3.05, 3.63) is 41.7 Å². The third-order valence-corrected chi connectivity index (χ3v) is 5.97. The predicted octanol–water partition coefficient (Wildman–Crippen LogP) is 4.11. The van der Waals surface area contributed by atoms with Crippen molar-refractivity contribution in [1.82, 2.24) is 10.3 Å². The minimum atomic E-state index is -0.505. The summed E-state index contributed by atoms with van der Waals surface area (Å²) in [5.41, 5.74) is 2.48. The van der Waals surface area contributed by atoms with Crippen LogP contribution < -0.4 is 25.0 Å². The number of methoxy groups -OCH3 is 1. The summed E-state index contributed by atoms with van der Waals surface area (Å²) in [6.45, 7) is 6.42. The van der Waals surface area contributed by atoms with Gasteiger partial charge in [-0.05, 0) is 69.6 Å². The van der Waals surface area contributed by atoms with E-state index in [1.54, 1.807) is 24.3 Å². The van der Waals surface area contributed by atoms with Crippen LogP contribution in [0.15, 0.2) is 34.7 Å². The van der Waals surface area contributed by atoms with Crippen LogP contribution in [0.4, 0.5) is 16.1 Å². The molecule has 2 heterocycles. The highest BCUT2D eigenvalue weighted by atomic mass is 19.1. The number of fused-ring (bicyclic) bond motifs is 1. The van der Waals surface area contributed by atoms with E-state index in [0.29, 0.717) is 42.6 Å². The first-order valence-corrected chi connectivity index (χ1v) is 12.3. The van der Waals surface area contributed by atoms with Gasteiger partial charge in [0.2, 0.25) is 11.7 Å². The Morgan fingerprint density at radius 3 is 2.53 bits per heavy atom. The number of hydrogen-bond donors (Lipinski definition) is 2. The van der Waals surface area contributed by atoms with E-state index in [1.165, 1.54) is 7.11 Å². The lowest BCUT2D eigenvalue weighted by atomic mass is 10.0. The molecule has 0 atom stereocenters. The number of oxazole rings is 1. The molecular formula is C26H33FN4O5. The number of nitrogens with one attached hydrogen (secondary N) is 2. The van der Waals surface area contributed by atoms with Crippen LogP contribution >= 0.6 is 0 Å². The quantitative estimate of drug-likeness (QED) is 0.406. The Hall–Kier alpha value is -3.37. The Balaban J connectivity index is 1.71. The molecule has 4 rings (SSSR count). The van der Waals surface area contributed by atoms with E-state index >= 15 is 0 Å². The molecule has 1 amide bonds. The number of anilines is 2. The maximum Gasteiger partial charge on any atom is 0.299 e. The molecule has 194 valence electrons. The molecule has 0 aliphatic carbocycles. The Morgan fingerprint density at radius 1 is 1.19 bits per heavy atom. The van der Waals surface area contributed by atoms with E-state index in [9.17, 15) is 9.18 Å². The first kappa shape index (κ1) is 25.7. The van der Waals surface area contributed by atoms with E-state index in [4.69, 9.17) is 23.6 Å². The zero-order valence-electron chi connectivity index (χ0n) is 20.9. The number of carbonyl (C=O) groups excluding carboxylic acids is 1. The van der Waals surface area contributed by atoms with E-state index in [-0.39, 0.29) is 30.1 Å². The smallest absolute Gasteiger partial charge is 0.299 e. The van der Waals surface area contributed by atoms with Crippen LogP contribution in [0.5, 0.6) is 11.5 Å². The highest BCUT2D eigenvalue weighted by Gasteiger charge is 2.27. The Kier molecular flexibility index (Phi) is 8.61. The molecular weight excluding hydrogens is 467 g/mol. The second-order valence-electron chi connectivity index (χ2n) is 8.51. The molecule has 0 radical (unpaired) electrons. The van der Waals surface area contributed by atoms with Gasteiger partial charge in [0.25, 0.3) is 6.01 Å². The third-order valence-electron chi connectivity index (χ3n) is 5.97. The van der Waals surface area contributed by atoms with Crippen LogP contribution in [0, 0.1) is 5.82 Å². The first-order chi connectivity index (χ1) is 17.5. The summed E-state index contributed by atoms with van der Waals surface area (Å²) < 4.78 is 37.0. The lowest BCUT2D eigenvalue weighted by Gasteiger charge is -2.33. The van der Waals surface area contributed by atoms with Crippen molar-refractivity contribution < 1.29 is 27.8 Å². The topological polar surface area (TPSA) is 98.1 Å².